The van der Waals surface area contributed by atoms with Gasteiger partial charge in [-0.05, 0) is 18.2 Å². The third kappa shape index (κ3) is 3.06. The Morgan fingerprint density at radius 2 is 2.00 bits per heavy atom. The molecule has 1 aromatic carbocycles. The molecule has 0 saturated carbocycles. The number of fused-ring (bicyclic) bond motifs is 2. The highest BCUT2D eigenvalue weighted by Gasteiger charge is 2.20. The predicted molar refractivity (Wildman–Crippen MR) is 107 cm³/mol. The summed E-state index contributed by atoms with van der Waals surface area (Å²) in [6.45, 7) is 1.80. The van der Waals surface area contributed by atoms with Crippen LogP contribution in [0.1, 0.15) is 5.69 Å². The summed E-state index contributed by atoms with van der Waals surface area (Å²) < 4.78 is 37.5. The van der Waals surface area contributed by atoms with Crippen molar-refractivity contribution in [1.29, 1.82) is 0 Å². The summed E-state index contributed by atoms with van der Waals surface area (Å²) in [6, 6.07) is 8.61. The van der Waals surface area contributed by atoms with Crippen LogP contribution in [0, 0.1) is 0 Å². The number of ether oxygens (including phenoxy) is 1. The first-order valence-electron chi connectivity index (χ1n) is 9.05. The van der Waals surface area contributed by atoms with Crippen LogP contribution < -0.4 is 4.72 Å². The maximum absolute atomic E-state index is 12.9. The molecule has 0 spiro atoms. The lowest BCUT2D eigenvalue weighted by molar-refractivity contribution is 0.0804. The van der Waals surface area contributed by atoms with E-state index in [1.165, 1.54) is 6.20 Å². The van der Waals surface area contributed by atoms with Crippen LogP contribution in [-0.2, 0) is 35.0 Å². The normalized spacial score (nSPS) is 14.1. The molecule has 0 unspecified atom stereocenters. The highest BCUT2D eigenvalue weighted by atomic mass is 32.2. The van der Waals surface area contributed by atoms with Gasteiger partial charge in [0.05, 0.1) is 54.7 Å². The van der Waals surface area contributed by atoms with Gasteiger partial charge in [0.1, 0.15) is 4.90 Å². The largest absolute Gasteiger partial charge is 0.373 e. The average Bonchev–Trinajstić information content (AvgIpc) is 3.32. The number of rotatable bonds is 4. The van der Waals surface area contributed by atoms with Crippen LogP contribution in [0.2, 0.25) is 0 Å². The second kappa shape index (κ2) is 6.68. The molecule has 10 heteroatoms. The van der Waals surface area contributed by atoms with Gasteiger partial charge in [-0.3, -0.25) is 19.1 Å². The van der Waals surface area contributed by atoms with Crippen molar-refractivity contribution >= 4 is 26.6 Å². The molecule has 0 atom stereocenters. The summed E-state index contributed by atoms with van der Waals surface area (Å²) in [6.07, 6.45) is 4.79. The molecule has 1 aliphatic heterocycles. The van der Waals surface area contributed by atoms with Gasteiger partial charge in [-0.15, -0.1) is 0 Å². The van der Waals surface area contributed by atoms with Crippen LogP contribution in [0.3, 0.4) is 0 Å². The van der Waals surface area contributed by atoms with E-state index in [2.05, 4.69) is 19.9 Å². The summed E-state index contributed by atoms with van der Waals surface area (Å²) >= 11 is 0. The second-order valence-electron chi connectivity index (χ2n) is 6.78. The third-order valence-corrected chi connectivity index (χ3v) is 6.31. The van der Waals surface area contributed by atoms with Gasteiger partial charge in [0.25, 0.3) is 10.0 Å². The molecule has 0 aliphatic carbocycles. The van der Waals surface area contributed by atoms with Gasteiger partial charge in [0.2, 0.25) is 0 Å². The molecule has 0 saturated heterocycles. The quantitative estimate of drug-likeness (QED) is 0.553. The van der Waals surface area contributed by atoms with E-state index in [1.54, 1.807) is 48.4 Å². The number of hydrogen-bond acceptors (Lipinski definition) is 6. The zero-order chi connectivity index (χ0) is 20.0. The fraction of sp³-hybridized carbons (Fsp3) is 0.211. The minimum Gasteiger partial charge on any atom is -0.373 e. The molecule has 148 valence electrons. The monoisotopic (exact) mass is 410 g/mol. The van der Waals surface area contributed by atoms with E-state index in [1.807, 2.05) is 10.7 Å². The Morgan fingerprint density at radius 3 is 2.83 bits per heavy atom. The summed E-state index contributed by atoms with van der Waals surface area (Å²) in [5.74, 6) is 0. The lowest BCUT2D eigenvalue weighted by atomic mass is 10.1. The summed E-state index contributed by atoms with van der Waals surface area (Å²) in [7, 11) is -2.03. The molecule has 0 radical (unpaired) electrons. The topological polar surface area (TPSA) is 104 Å². The van der Waals surface area contributed by atoms with Gasteiger partial charge >= 0.3 is 0 Å². The van der Waals surface area contributed by atoms with E-state index in [0.717, 1.165) is 16.6 Å². The van der Waals surface area contributed by atoms with Gasteiger partial charge in [0, 0.05) is 24.2 Å². The first-order chi connectivity index (χ1) is 14.0. The van der Waals surface area contributed by atoms with E-state index in [4.69, 9.17) is 4.74 Å². The molecule has 4 aromatic rings. The SMILES string of the molecule is Cn1ncc2cccc(NS(=O)(=O)c3ccc(-c4cnn5c4COCC5)nc3)c21. The number of aromatic nitrogens is 5. The molecule has 5 rings (SSSR count). The predicted octanol–water partition coefficient (Wildman–Crippen LogP) is 2.16. The van der Waals surface area contributed by atoms with Crippen molar-refractivity contribution in [3.05, 3.63) is 54.6 Å². The highest BCUT2D eigenvalue weighted by molar-refractivity contribution is 7.92. The lowest BCUT2D eigenvalue weighted by Crippen LogP contribution is -2.17. The fourth-order valence-corrected chi connectivity index (χ4v) is 4.52. The third-order valence-electron chi connectivity index (χ3n) is 4.96. The molecule has 9 nitrogen and oxygen atoms in total. The first kappa shape index (κ1) is 17.8. The molecule has 0 amide bonds. The Labute approximate surface area is 167 Å². The molecule has 1 aliphatic rings. The summed E-state index contributed by atoms with van der Waals surface area (Å²) in [4.78, 5) is 4.44. The van der Waals surface area contributed by atoms with E-state index in [9.17, 15) is 8.42 Å². The zero-order valence-electron chi connectivity index (χ0n) is 15.6. The maximum atomic E-state index is 12.9. The molecule has 0 bridgehead atoms. The van der Waals surface area contributed by atoms with Crippen LogP contribution in [0.15, 0.2) is 53.8 Å². The smallest absolute Gasteiger partial charge is 0.263 e. The number of nitrogens with zero attached hydrogens (tertiary/aromatic N) is 5. The van der Waals surface area contributed by atoms with Crippen LogP contribution in [0.5, 0.6) is 0 Å². The van der Waals surface area contributed by atoms with Gasteiger partial charge in [0.15, 0.2) is 0 Å². The number of sulfonamides is 1. The fourth-order valence-electron chi connectivity index (χ4n) is 3.51. The minimum absolute atomic E-state index is 0.0812. The minimum atomic E-state index is -3.80. The van der Waals surface area contributed by atoms with Crippen LogP contribution in [-0.4, -0.2) is 39.6 Å². The molecular weight excluding hydrogens is 392 g/mol. The van der Waals surface area contributed by atoms with E-state index < -0.39 is 10.0 Å². The van der Waals surface area contributed by atoms with Crippen molar-refractivity contribution in [2.45, 2.75) is 18.0 Å². The molecule has 3 aromatic heterocycles. The van der Waals surface area contributed by atoms with Gasteiger partial charge < -0.3 is 4.74 Å². The van der Waals surface area contributed by atoms with Crippen molar-refractivity contribution in [3.8, 4) is 11.3 Å². The molecule has 29 heavy (non-hydrogen) atoms. The first-order valence-corrected chi connectivity index (χ1v) is 10.5. The van der Waals surface area contributed by atoms with Crippen molar-refractivity contribution in [2.75, 3.05) is 11.3 Å². The maximum Gasteiger partial charge on any atom is 0.263 e. The van der Waals surface area contributed by atoms with E-state index >= 15 is 0 Å². The van der Waals surface area contributed by atoms with Crippen LogP contribution in [0.25, 0.3) is 22.2 Å². The van der Waals surface area contributed by atoms with Gasteiger partial charge in [-0.25, -0.2) is 8.42 Å². The number of anilines is 1. The number of aryl methyl sites for hydroxylation is 1. The van der Waals surface area contributed by atoms with E-state index in [0.29, 0.717) is 36.7 Å². The molecule has 4 heterocycles. The summed E-state index contributed by atoms with van der Waals surface area (Å²) in [5, 5.41) is 9.39. The number of nitrogens with one attached hydrogen (secondary N) is 1. The van der Waals surface area contributed by atoms with Crippen molar-refractivity contribution < 1.29 is 13.2 Å². The van der Waals surface area contributed by atoms with Crippen molar-refractivity contribution in [1.82, 2.24) is 24.5 Å². The highest BCUT2D eigenvalue weighted by Crippen LogP contribution is 2.27. The standard InChI is InChI=1S/C19H18N6O3S/c1-24-19-13(9-21-24)3-2-4-17(19)23-29(26,27)14-5-6-16(20-10-14)15-11-22-25-7-8-28-12-18(15)25/h2-6,9-11,23H,7-8,12H2,1H3. The van der Waals surface area contributed by atoms with Crippen molar-refractivity contribution in [3.63, 3.8) is 0 Å². The Kier molecular flexibility index (Phi) is 4.10. The van der Waals surface area contributed by atoms with E-state index in [-0.39, 0.29) is 4.90 Å². The van der Waals surface area contributed by atoms with Crippen molar-refractivity contribution in [2.24, 2.45) is 7.05 Å². The average molecular weight is 410 g/mol. The Bertz CT molecular complexity index is 1310. The zero-order valence-corrected chi connectivity index (χ0v) is 16.4. The Morgan fingerprint density at radius 1 is 1.10 bits per heavy atom. The number of benzene rings is 1. The molecule has 1 N–H and O–H groups in total. The Hall–Kier alpha value is -3.24. The second-order valence-corrected chi connectivity index (χ2v) is 8.46. The van der Waals surface area contributed by atoms with Gasteiger partial charge in [-0.1, -0.05) is 12.1 Å². The number of pyridine rings is 1. The van der Waals surface area contributed by atoms with Crippen LogP contribution >= 0.6 is 0 Å². The summed E-state index contributed by atoms with van der Waals surface area (Å²) in [5.41, 5.74) is 3.63. The molecular formula is C19H18N6O3S. The molecule has 0 fully saturated rings. The Balaban J connectivity index is 1.46. The lowest BCUT2D eigenvalue weighted by Gasteiger charge is -2.15. The van der Waals surface area contributed by atoms with Crippen LogP contribution in [0.4, 0.5) is 5.69 Å². The number of hydrogen-bond donors (Lipinski definition) is 1. The van der Waals surface area contributed by atoms with Gasteiger partial charge in [-0.2, -0.15) is 10.2 Å². The number of para-hydroxylation sites is 1.